The molecule has 0 aliphatic carbocycles. The molecule has 16 heavy (non-hydrogen) atoms. The second-order valence-corrected chi connectivity index (χ2v) is 6.12. The van der Waals surface area contributed by atoms with Gasteiger partial charge in [-0.25, -0.2) is 0 Å². The third kappa shape index (κ3) is 3.73. The largest absolute Gasteiger partial charge is 0.468 e. The van der Waals surface area contributed by atoms with Crippen molar-refractivity contribution in [3.63, 3.8) is 0 Å². The zero-order valence-corrected chi connectivity index (χ0v) is 11.2. The molecule has 0 aromatic carbocycles. The summed E-state index contributed by atoms with van der Waals surface area (Å²) in [6.45, 7) is 3.58. The normalized spacial score (nSPS) is 14.5. The molecule has 0 fully saturated rings. The summed E-state index contributed by atoms with van der Waals surface area (Å²) in [5, 5.41) is 8.82. The molecule has 90 valence electrons. The summed E-state index contributed by atoms with van der Waals surface area (Å²) in [6, 6.07) is 0. The van der Waals surface area contributed by atoms with Crippen molar-refractivity contribution in [1.82, 2.24) is 10.2 Å². The molecular weight excluding hydrogens is 246 g/mol. The zero-order valence-electron chi connectivity index (χ0n) is 9.52. The van der Waals surface area contributed by atoms with Gasteiger partial charge in [0.2, 0.25) is 0 Å². The lowest BCUT2D eigenvalue weighted by Crippen LogP contribution is -2.46. The Morgan fingerprint density at radius 1 is 1.62 bits per heavy atom. The van der Waals surface area contributed by atoms with Crippen molar-refractivity contribution in [1.29, 1.82) is 0 Å². The van der Waals surface area contributed by atoms with Gasteiger partial charge in [-0.3, -0.25) is 4.79 Å². The number of aryl methyl sites for hydroxylation is 1. The number of hydrogen-bond donors (Lipinski definition) is 1. The highest BCUT2D eigenvalue weighted by atomic mass is 32.2. The fraction of sp³-hybridized carbons (Fsp3) is 0.667. The van der Waals surface area contributed by atoms with Crippen molar-refractivity contribution in [2.45, 2.75) is 30.1 Å². The molecule has 0 bridgehead atoms. The molecule has 2 N–H and O–H groups in total. The monoisotopic (exact) mass is 261 g/mol. The lowest BCUT2D eigenvalue weighted by molar-refractivity contribution is -0.146. The first-order valence-electron chi connectivity index (χ1n) is 4.76. The van der Waals surface area contributed by atoms with Gasteiger partial charge in [0.1, 0.15) is 10.5 Å². The van der Waals surface area contributed by atoms with Crippen LogP contribution in [0.2, 0.25) is 0 Å². The number of carbonyl (C=O) groups is 1. The van der Waals surface area contributed by atoms with E-state index in [1.165, 1.54) is 18.4 Å². The minimum absolute atomic E-state index is 0.387. The van der Waals surface area contributed by atoms with E-state index in [1.807, 2.05) is 6.92 Å². The van der Waals surface area contributed by atoms with Gasteiger partial charge < -0.3 is 10.5 Å². The number of thioether (sulfide) groups is 1. The van der Waals surface area contributed by atoms with Crippen LogP contribution in [0.15, 0.2) is 4.34 Å². The summed E-state index contributed by atoms with van der Waals surface area (Å²) >= 11 is 3.09. The molecule has 0 amide bonds. The summed E-state index contributed by atoms with van der Waals surface area (Å²) < 4.78 is 5.52. The molecule has 0 radical (unpaired) electrons. The van der Waals surface area contributed by atoms with Crippen LogP contribution in [0.5, 0.6) is 0 Å². The lowest BCUT2D eigenvalue weighted by atomic mass is 10.0. The van der Waals surface area contributed by atoms with E-state index < -0.39 is 5.54 Å². The number of esters is 1. The van der Waals surface area contributed by atoms with Crippen LogP contribution in [-0.4, -0.2) is 34.6 Å². The van der Waals surface area contributed by atoms with Crippen LogP contribution in [0.3, 0.4) is 0 Å². The summed E-state index contributed by atoms with van der Waals surface area (Å²) in [5.74, 6) is 0.332. The average molecular weight is 261 g/mol. The number of rotatable bonds is 5. The SMILES string of the molecule is COC(=O)C(C)(N)CCSc1nnc(C)s1. The van der Waals surface area contributed by atoms with Crippen molar-refractivity contribution in [2.75, 3.05) is 12.9 Å². The maximum absolute atomic E-state index is 11.3. The van der Waals surface area contributed by atoms with Crippen LogP contribution in [0.25, 0.3) is 0 Å². The molecule has 0 aliphatic heterocycles. The van der Waals surface area contributed by atoms with Crippen molar-refractivity contribution in [3.8, 4) is 0 Å². The fourth-order valence-corrected chi connectivity index (χ4v) is 3.09. The van der Waals surface area contributed by atoms with Crippen molar-refractivity contribution in [2.24, 2.45) is 5.73 Å². The fourth-order valence-electron chi connectivity index (χ4n) is 1.02. The van der Waals surface area contributed by atoms with Crippen LogP contribution < -0.4 is 5.73 Å². The molecule has 0 saturated carbocycles. The molecule has 5 nitrogen and oxygen atoms in total. The van der Waals surface area contributed by atoms with Crippen LogP contribution in [0.1, 0.15) is 18.4 Å². The molecule has 7 heteroatoms. The molecule has 1 heterocycles. The van der Waals surface area contributed by atoms with E-state index in [4.69, 9.17) is 5.73 Å². The summed E-state index contributed by atoms with van der Waals surface area (Å²) in [7, 11) is 1.34. The van der Waals surface area contributed by atoms with Gasteiger partial charge in [-0.05, 0) is 20.3 Å². The predicted octanol–water partition coefficient (Wildman–Crippen LogP) is 1.22. The Kier molecular flexibility index (Phi) is 4.69. The molecule has 1 aromatic rings. The quantitative estimate of drug-likeness (QED) is 0.634. The highest BCUT2D eigenvalue weighted by molar-refractivity contribution is 8.01. The predicted molar refractivity (Wildman–Crippen MR) is 64.6 cm³/mol. The van der Waals surface area contributed by atoms with Crippen LogP contribution in [-0.2, 0) is 9.53 Å². The molecule has 0 aliphatic rings. The zero-order chi connectivity index (χ0) is 12.2. The number of hydrogen-bond acceptors (Lipinski definition) is 7. The number of methoxy groups -OCH3 is 1. The first-order chi connectivity index (χ1) is 7.45. The van der Waals surface area contributed by atoms with E-state index in [2.05, 4.69) is 14.9 Å². The first kappa shape index (κ1) is 13.4. The lowest BCUT2D eigenvalue weighted by Gasteiger charge is -2.20. The van der Waals surface area contributed by atoms with Gasteiger partial charge in [0, 0.05) is 5.75 Å². The molecule has 1 aromatic heterocycles. The highest BCUT2D eigenvalue weighted by Gasteiger charge is 2.28. The van der Waals surface area contributed by atoms with Gasteiger partial charge in [0.15, 0.2) is 4.34 Å². The Labute approximate surface area is 103 Å². The van der Waals surface area contributed by atoms with E-state index in [1.54, 1.807) is 18.7 Å². The number of nitrogens with two attached hydrogens (primary N) is 1. The van der Waals surface area contributed by atoms with E-state index in [9.17, 15) is 4.79 Å². The Morgan fingerprint density at radius 2 is 2.31 bits per heavy atom. The van der Waals surface area contributed by atoms with Gasteiger partial charge in [-0.15, -0.1) is 10.2 Å². The first-order valence-corrected chi connectivity index (χ1v) is 6.56. The van der Waals surface area contributed by atoms with Crippen molar-refractivity contribution >= 4 is 29.1 Å². The van der Waals surface area contributed by atoms with E-state index in [-0.39, 0.29) is 5.97 Å². The van der Waals surface area contributed by atoms with E-state index in [0.717, 1.165) is 15.1 Å². The van der Waals surface area contributed by atoms with Crippen LogP contribution >= 0.6 is 23.1 Å². The van der Waals surface area contributed by atoms with E-state index >= 15 is 0 Å². The van der Waals surface area contributed by atoms with Gasteiger partial charge in [-0.2, -0.15) is 0 Å². The Balaban J connectivity index is 2.38. The minimum Gasteiger partial charge on any atom is -0.468 e. The van der Waals surface area contributed by atoms with Crippen molar-refractivity contribution in [3.05, 3.63) is 5.01 Å². The van der Waals surface area contributed by atoms with Gasteiger partial charge in [0.05, 0.1) is 7.11 Å². The van der Waals surface area contributed by atoms with Crippen molar-refractivity contribution < 1.29 is 9.53 Å². The number of carbonyl (C=O) groups excluding carboxylic acids is 1. The van der Waals surface area contributed by atoms with Gasteiger partial charge >= 0.3 is 5.97 Å². The molecule has 1 rings (SSSR count). The van der Waals surface area contributed by atoms with Crippen LogP contribution in [0, 0.1) is 6.92 Å². The Hall–Kier alpha value is -0.660. The third-order valence-corrected chi connectivity index (χ3v) is 3.98. The average Bonchev–Trinajstić information content (AvgIpc) is 2.62. The summed E-state index contributed by atoms with van der Waals surface area (Å²) in [4.78, 5) is 11.3. The van der Waals surface area contributed by atoms with Gasteiger partial charge in [0.25, 0.3) is 0 Å². The topological polar surface area (TPSA) is 78.1 Å². The number of nitrogens with zero attached hydrogens (tertiary/aromatic N) is 2. The summed E-state index contributed by atoms with van der Waals surface area (Å²) in [6.07, 6.45) is 0.545. The third-order valence-electron chi connectivity index (χ3n) is 2.01. The standard InChI is InChI=1S/C9H15N3O2S2/c1-6-11-12-8(16-6)15-5-4-9(2,10)7(13)14-3/h4-5,10H2,1-3H3. The van der Waals surface area contributed by atoms with Crippen LogP contribution in [0.4, 0.5) is 0 Å². The molecule has 0 spiro atoms. The Morgan fingerprint density at radius 3 is 2.81 bits per heavy atom. The molecular formula is C9H15N3O2S2. The van der Waals surface area contributed by atoms with E-state index in [0.29, 0.717) is 6.42 Å². The smallest absolute Gasteiger partial charge is 0.325 e. The minimum atomic E-state index is -0.929. The highest BCUT2D eigenvalue weighted by Crippen LogP contribution is 2.24. The number of ether oxygens (including phenoxy) is 1. The Bertz CT molecular complexity index is 365. The van der Waals surface area contributed by atoms with Gasteiger partial charge in [-0.1, -0.05) is 23.1 Å². The molecule has 1 unspecified atom stereocenters. The molecule has 1 atom stereocenters. The number of aromatic nitrogens is 2. The molecule has 0 saturated heterocycles. The summed E-state index contributed by atoms with van der Waals surface area (Å²) in [5.41, 5.74) is 4.89. The maximum Gasteiger partial charge on any atom is 0.325 e. The second-order valence-electron chi connectivity index (χ2n) is 3.59. The second kappa shape index (κ2) is 5.60. The maximum atomic E-state index is 11.3.